The molecule has 0 fully saturated rings. The van der Waals surface area contributed by atoms with E-state index in [9.17, 15) is 9.59 Å². The number of hydrogen-bond donors (Lipinski definition) is 2. The third kappa shape index (κ3) is 11.2. The molecule has 0 radical (unpaired) electrons. The second-order valence-corrected chi connectivity index (χ2v) is 8.37. The summed E-state index contributed by atoms with van der Waals surface area (Å²) in [6.07, 6.45) is 1.52. The molecule has 2 aromatic rings. The van der Waals surface area contributed by atoms with E-state index in [4.69, 9.17) is 14.2 Å². The first-order valence-corrected chi connectivity index (χ1v) is 10.9. The number of benzene rings is 2. The van der Waals surface area contributed by atoms with E-state index in [1.165, 1.54) is 0 Å². The van der Waals surface area contributed by atoms with Crippen LogP contribution in [0.3, 0.4) is 0 Å². The molecule has 0 aliphatic rings. The maximum absolute atomic E-state index is 11.7. The number of ether oxygens (including phenoxy) is 3. The maximum atomic E-state index is 11.7. The molecule has 2 aromatic carbocycles. The first kappa shape index (κ1) is 25.0. The molecular weight excluding hydrogens is 408 g/mol. The highest BCUT2D eigenvalue weighted by Crippen LogP contribution is 2.13. The fourth-order valence-electron chi connectivity index (χ4n) is 2.76. The summed E-state index contributed by atoms with van der Waals surface area (Å²) in [6, 6.07) is 17.4. The zero-order valence-electron chi connectivity index (χ0n) is 19.2. The highest BCUT2D eigenvalue weighted by Gasteiger charge is 2.15. The highest BCUT2D eigenvalue weighted by molar-refractivity contribution is 5.67. The quantitative estimate of drug-likeness (QED) is 0.487. The van der Waals surface area contributed by atoms with Crippen LogP contribution >= 0.6 is 0 Å². The van der Waals surface area contributed by atoms with E-state index in [1.807, 2.05) is 75.4 Å². The Labute approximate surface area is 190 Å². The lowest BCUT2D eigenvalue weighted by Gasteiger charge is -2.19. The van der Waals surface area contributed by atoms with E-state index in [0.29, 0.717) is 26.1 Å². The minimum absolute atomic E-state index is 0.267. The van der Waals surface area contributed by atoms with Crippen molar-refractivity contribution in [2.75, 3.05) is 19.7 Å². The number of carbonyl (C=O) groups is 2. The topological polar surface area (TPSA) is 85.9 Å². The van der Waals surface area contributed by atoms with E-state index < -0.39 is 17.8 Å². The summed E-state index contributed by atoms with van der Waals surface area (Å²) >= 11 is 0. The fraction of sp³-hybridized carbons (Fsp3) is 0.440. The van der Waals surface area contributed by atoms with Gasteiger partial charge in [0, 0.05) is 13.1 Å². The summed E-state index contributed by atoms with van der Waals surface area (Å²) in [5.74, 6) is 0.795. The van der Waals surface area contributed by atoms with Gasteiger partial charge in [-0.2, -0.15) is 0 Å². The number of hydrogen-bond acceptors (Lipinski definition) is 5. The Balaban J connectivity index is 1.51. The second-order valence-electron chi connectivity index (χ2n) is 8.37. The van der Waals surface area contributed by atoms with Gasteiger partial charge in [0.1, 0.15) is 18.0 Å². The van der Waals surface area contributed by atoms with Gasteiger partial charge < -0.3 is 24.8 Å². The Hall–Kier alpha value is -3.22. The van der Waals surface area contributed by atoms with Gasteiger partial charge in [0.05, 0.1) is 6.61 Å². The largest absolute Gasteiger partial charge is 0.494 e. The Morgan fingerprint density at radius 3 is 2.19 bits per heavy atom. The van der Waals surface area contributed by atoms with Crippen LogP contribution in [0.2, 0.25) is 0 Å². The number of carbonyl (C=O) groups excluding carboxylic acids is 2. The lowest BCUT2D eigenvalue weighted by atomic mass is 10.1. The van der Waals surface area contributed by atoms with Crippen molar-refractivity contribution in [3.05, 3.63) is 65.7 Å². The first-order chi connectivity index (χ1) is 15.3. The molecule has 0 saturated heterocycles. The maximum Gasteiger partial charge on any atom is 0.407 e. The van der Waals surface area contributed by atoms with Crippen LogP contribution in [0.4, 0.5) is 9.59 Å². The van der Waals surface area contributed by atoms with Gasteiger partial charge in [-0.15, -0.1) is 0 Å². The lowest BCUT2D eigenvalue weighted by Crippen LogP contribution is -2.33. The van der Waals surface area contributed by atoms with Crippen molar-refractivity contribution >= 4 is 12.2 Å². The van der Waals surface area contributed by atoms with Crippen LogP contribution in [0.5, 0.6) is 5.75 Å². The van der Waals surface area contributed by atoms with Crippen LogP contribution in [0.15, 0.2) is 54.6 Å². The monoisotopic (exact) mass is 442 g/mol. The average molecular weight is 443 g/mol. The number of unbranched alkanes of at least 4 members (excludes halogenated alkanes) is 1. The van der Waals surface area contributed by atoms with Crippen molar-refractivity contribution in [2.45, 2.75) is 52.2 Å². The smallest absolute Gasteiger partial charge is 0.407 e. The third-order valence-corrected chi connectivity index (χ3v) is 4.33. The number of amides is 2. The first-order valence-electron chi connectivity index (χ1n) is 10.9. The lowest BCUT2D eigenvalue weighted by molar-refractivity contribution is 0.0528. The van der Waals surface area contributed by atoms with E-state index in [2.05, 4.69) is 10.6 Å². The summed E-state index contributed by atoms with van der Waals surface area (Å²) in [5, 5.41) is 5.49. The van der Waals surface area contributed by atoms with Crippen LogP contribution in [-0.2, 0) is 22.5 Å². The Kier molecular flexibility index (Phi) is 10.4. The molecule has 0 aromatic heterocycles. The fourth-order valence-corrected chi connectivity index (χ4v) is 2.76. The molecule has 0 saturated carbocycles. The van der Waals surface area contributed by atoms with Crippen molar-refractivity contribution in [3.8, 4) is 5.75 Å². The molecule has 32 heavy (non-hydrogen) atoms. The molecule has 0 aliphatic heterocycles. The molecule has 0 atom stereocenters. The van der Waals surface area contributed by atoms with Crippen molar-refractivity contribution in [3.63, 3.8) is 0 Å². The van der Waals surface area contributed by atoms with Crippen LogP contribution in [-0.4, -0.2) is 37.5 Å². The Morgan fingerprint density at radius 2 is 1.50 bits per heavy atom. The van der Waals surface area contributed by atoms with E-state index >= 15 is 0 Å². The molecule has 2 amide bonds. The van der Waals surface area contributed by atoms with Gasteiger partial charge in [-0.25, -0.2) is 9.59 Å². The summed E-state index contributed by atoms with van der Waals surface area (Å²) in [6.45, 7) is 7.40. The van der Waals surface area contributed by atoms with Gasteiger partial charge >= 0.3 is 12.2 Å². The predicted molar refractivity (Wildman–Crippen MR) is 124 cm³/mol. The van der Waals surface area contributed by atoms with Crippen LogP contribution in [0, 0.1) is 0 Å². The SMILES string of the molecule is CC(C)(C)OC(=O)NCCc1ccc(OCCCCNC(=O)OCc2ccccc2)cc1. The molecule has 7 nitrogen and oxygen atoms in total. The number of alkyl carbamates (subject to hydrolysis) is 2. The average Bonchev–Trinajstić information content (AvgIpc) is 2.75. The zero-order valence-corrected chi connectivity index (χ0v) is 19.2. The standard InChI is InChI=1S/C25H34N2O5/c1-25(2,3)32-24(29)27-17-15-20-11-13-22(14-12-20)30-18-8-7-16-26-23(28)31-19-21-9-5-4-6-10-21/h4-6,9-14H,7-8,15-19H2,1-3H3,(H,26,28)(H,27,29). The molecule has 0 heterocycles. The van der Waals surface area contributed by atoms with Crippen LogP contribution in [0.1, 0.15) is 44.7 Å². The second kappa shape index (κ2) is 13.2. The summed E-state index contributed by atoms with van der Waals surface area (Å²) in [7, 11) is 0. The Bertz CT molecular complexity index is 816. The van der Waals surface area contributed by atoms with Gasteiger partial charge in [0.15, 0.2) is 0 Å². The van der Waals surface area contributed by atoms with Crippen molar-refractivity contribution < 1.29 is 23.8 Å². The Morgan fingerprint density at radius 1 is 0.812 bits per heavy atom. The van der Waals surface area contributed by atoms with Crippen molar-refractivity contribution in [1.82, 2.24) is 10.6 Å². The van der Waals surface area contributed by atoms with Crippen LogP contribution in [0.25, 0.3) is 0 Å². The van der Waals surface area contributed by atoms with E-state index in [0.717, 1.165) is 29.7 Å². The summed E-state index contributed by atoms with van der Waals surface area (Å²) in [4.78, 5) is 23.3. The molecule has 174 valence electrons. The van der Waals surface area contributed by atoms with Gasteiger partial charge in [-0.3, -0.25) is 0 Å². The molecule has 2 rings (SSSR count). The van der Waals surface area contributed by atoms with E-state index in [1.54, 1.807) is 0 Å². The van der Waals surface area contributed by atoms with Gasteiger partial charge in [-0.05, 0) is 63.3 Å². The van der Waals surface area contributed by atoms with Gasteiger partial charge in [0.25, 0.3) is 0 Å². The van der Waals surface area contributed by atoms with Gasteiger partial charge in [0.2, 0.25) is 0 Å². The summed E-state index contributed by atoms with van der Waals surface area (Å²) < 4.78 is 16.1. The van der Waals surface area contributed by atoms with E-state index in [-0.39, 0.29) is 6.61 Å². The molecule has 0 bridgehead atoms. The molecule has 0 spiro atoms. The predicted octanol–water partition coefficient (Wildman–Crippen LogP) is 4.84. The minimum Gasteiger partial charge on any atom is -0.494 e. The van der Waals surface area contributed by atoms with Crippen molar-refractivity contribution in [1.29, 1.82) is 0 Å². The van der Waals surface area contributed by atoms with Crippen molar-refractivity contribution in [2.24, 2.45) is 0 Å². The normalized spacial score (nSPS) is 10.8. The third-order valence-electron chi connectivity index (χ3n) is 4.33. The molecule has 0 aliphatic carbocycles. The number of nitrogens with one attached hydrogen (secondary N) is 2. The molecular formula is C25H34N2O5. The highest BCUT2D eigenvalue weighted by atomic mass is 16.6. The zero-order chi connectivity index (χ0) is 23.2. The number of rotatable bonds is 11. The minimum atomic E-state index is -0.495. The molecule has 2 N–H and O–H groups in total. The summed E-state index contributed by atoms with van der Waals surface area (Å²) in [5.41, 5.74) is 1.57. The van der Waals surface area contributed by atoms with Crippen LogP contribution < -0.4 is 15.4 Å². The molecule has 7 heteroatoms. The molecule has 0 unspecified atom stereocenters. The van der Waals surface area contributed by atoms with Gasteiger partial charge in [-0.1, -0.05) is 42.5 Å².